The van der Waals surface area contributed by atoms with Crippen molar-refractivity contribution in [2.45, 2.75) is 46.5 Å². The third-order valence-electron chi connectivity index (χ3n) is 2.78. The van der Waals surface area contributed by atoms with Gasteiger partial charge in [0.25, 0.3) is 0 Å². The molecule has 0 bridgehead atoms. The van der Waals surface area contributed by atoms with Crippen molar-refractivity contribution in [3.8, 4) is 0 Å². The summed E-state index contributed by atoms with van der Waals surface area (Å²) in [4.78, 5) is 12.0. The van der Waals surface area contributed by atoms with Crippen LogP contribution < -0.4 is 0 Å². The first-order valence-corrected chi connectivity index (χ1v) is 6.69. The lowest BCUT2D eigenvalue weighted by molar-refractivity contribution is 0.814. The summed E-state index contributed by atoms with van der Waals surface area (Å²) in [5, 5.41) is 0. The molecule has 0 saturated heterocycles. The van der Waals surface area contributed by atoms with Crippen LogP contribution >= 0.6 is 0 Å². The highest BCUT2D eigenvalue weighted by molar-refractivity contribution is 5.18. The first-order chi connectivity index (χ1) is 9.00. The molecule has 2 aromatic heterocycles. The Kier molecular flexibility index (Phi) is 6.13. The highest BCUT2D eigenvalue weighted by Crippen LogP contribution is 2.12. The van der Waals surface area contributed by atoms with Gasteiger partial charge in [0.05, 0.1) is 0 Å². The molecule has 0 aromatic carbocycles. The van der Waals surface area contributed by atoms with Gasteiger partial charge in [-0.1, -0.05) is 27.7 Å². The second kappa shape index (κ2) is 7.62. The van der Waals surface area contributed by atoms with Crippen molar-refractivity contribution in [3.05, 3.63) is 53.9 Å². The predicted octanol–water partition coefficient (Wildman–Crippen LogP) is 4.11. The van der Waals surface area contributed by atoms with E-state index in [0.717, 1.165) is 11.4 Å². The molecule has 102 valence electrons. The monoisotopic (exact) mass is 257 g/mol. The van der Waals surface area contributed by atoms with Gasteiger partial charge in [-0.15, -0.1) is 0 Å². The van der Waals surface area contributed by atoms with Crippen LogP contribution in [0.4, 0.5) is 0 Å². The Morgan fingerprint density at radius 2 is 1.63 bits per heavy atom. The fourth-order valence-corrected chi connectivity index (χ4v) is 1.57. The predicted molar refractivity (Wildman–Crippen MR) is 79.2 cm³/mol. The topological polar surface area (TPSA) is 38.7 Å². The SMILES string of the molecule is CC(C)c1ccncn1.Cc1cc(C(C)C)ccn1. The molecule has 0 spiro atoms. The molecule has 0 aliphatic heterocycles. The second-order valence-electron chi connectivity index (χ2n) is 5.17. The lowest BCUT2D eigenvalue weighted by Crippen LogP contribution is -1.90. The molecule has 3 nitrogen and oxygen atoms in total. The molecule has 2 aromatic rings. The summed E-state index contributed by atoms with van der Waals surface area (Å²) in [6.45, 7) is 10.6. The molecule has 2 heterocycles. The molecule has 0 amide bonds. The van der Waals surface area contributed by atoms with E-state index < -0.39 is 0 Å². The number of hydrogen-bond donors (Lipinski definition) is 0. The molecule has 0 saturated carbocycles. The van der Waals surface area contributed by atoms with E-state index in [-0.39, 0.29) is 0 Å². The average Bonchev–Trinajstić information content (AvgIpc) is 2.40. The van der Waals surface area contributed by atoms with E-state index in [1.165, 1.54) is 5.56 Å². The number of nitrogens with zero attached hydrogens (tertiary/aromatic N) is 3. The lowest BCUT2D eigenvalue weighted by atomic mass is 10.0. The molecular weight excluding hydrogens is 234 g/mol. The fourth-order valence-electron chi connectivity index (χ4n) is 1.57. The van der Waals surface area contributed by atoms with E-state index in [4.69, 9.17) is 0 Å². The molecule has 3 heteroatoms. The zero-order valence-corrected chi connectivity index (χ0v) is 12.5. The van der Waals surface area contributed by atoms with Crippen LogP contribution in [0.3, 0.4) is 0 Å². The Labute approximate surface area is 116 Å². The standard InChI is InChI=1S/C9H13N.C7H10N2/c1-7(2)9-4-5-10-8(3)6-9;1-6(2)7-3-4-8-5-9-7/h4-7H,1-3H3;3-6H,1-2H3. The normalized spacial score (nSPS) is 10.3. The fraction of sp³-hybridized carbons (Fsp3) is 0.438. The van der Waals surface area contributed by atoms with Crippen molar-refractivity contribution in [3.63, 3.8) is 0 Å². The molecule has 0 atom stereocenters. The van der Waals surface area contributed by atoms with Gasteiger partial charge in [-0.3, -0.25) is 4.98 Å². The van der Waals surface area contributed by atoms with Gasteiger partial charge in [-0.2, -0.15) is 0 Å². The van der Waals surface area contributed by atoms with Crippen LogP contribution in [0.5, 0.6) is 0 Å². The third-order valence-corrected chi connectivity index (χ3v) is 2.78. The maximum atomic E-state index is 4.12. The number of rotatable bonds is 2. The molecule has 0 unspecified atom stereocenters. The van der Waals surface area contributed by atoms with Crippen molar-refractivity contribution in [2.75, 3.05) is 0 Å². The van der Waals surface area contributed by atoms with Crippen LogP contribution in [0.15, 0.2) is 36.9 Å². The summed E-state index contributed by atoms with van der Waals surface area (Å²) in [6, 6.07) is 6.13. The number of aromatic nitrogens is 3. The van der Waals surface area contributed by atoms with Crippen molar-refractivity contribution in [1.82, 2.24) is 15.0 Å². The van der Waals surface area contributed by atoms with Crippen LogP contribution in [-0.4, -0.2) is 15.0 Å². The zero-order chi connectivity index (χ0) is 14.3. The van der Waals surface area contributed by atoms with Crippen LogP contribution in [0.25, 0.3) is 0 Å². The van der Waals surface area contributed by atoms with Crippen LogP contribution in [0, 0.1) is 6.92 Å². The summed E-state index contributed by atoms with van der Waals surface area (Å²) in [7, 11) is 0. The lowest BCUT2D eigenvalue weighted by Gasteiger charge is -2.03. The van der Waals surface area contributed by atoms with Crippen molar-refractivity contribution >= 4 is 0 Å². The first-order valence-electron chi connectivity index (χ1n) is 6.69. The highest BCUT2D eigenvalue weighted by Gasteiger charge is 1.97. The number of hydrogen-bond acceptors (Lipinski definition) is 3. The average molecular weight is 257 g/mol. The van der Waals surface area contributed by atoms with Gasteiger partial charge in [-0.25, -0.2) is 9.97 Å². The second-order valence-corrected chi connectivity index (χ2v) is 5.17. The number of aryl methyl sites for hydroxylation is 1. The van der Waals surface area contributed by atoms with Crippen molar-refractivity contribution < 1.29 is 0 Å². The molecule has 19 heavy (non-hydrogen) atoms. The van der Waals surface area contributed by atoms with E-state index in [0.29, 0.717) is 11.8 Å². The minimum atomic E-state index is 0.507. The Balaban J connectivity index is 0.000000191. The largest absolute Gasteiger partial charge is 0.262 e. The quantitative estimate of drug-likeness (QED) is 0.812. The third kappa shape index (κ3) is 5.60. The van der Waals surface area contributed by atoms with E-state index in [2.05, 4.69) is 54.8 Å². The van der Waals surface area contributed by atoms with E-state index in [1.807, 2.05) is 19.2 Å². The minimum absolute atomic E-state index is 0.507. The highest BCUT2D eigenvalue weighted by atomic mass is 14.8. The van der Waals surface area contributed by atoms with Crippen LogP contribution in [0.1, 0.15) is 56.5 Å². The molecule has 0 fully saturated rings. The Bertz CT molecular complexity index is 478. The summed E-state index contributed by atoms with van der Waals surface area (Å²) in [6.07, 6.45) is 5.21. The summed E-state index contributed by atoms with van der Waals surface area (Å²) in [5.41, 5.74) is 3.57. The zero-order valence-electron chi connectivity index (χ0n) is 12.5. The van der Waals surface area contributed by atoms with Gasteiger partial charge in [0.2, 0.25) is 0 Å². The maximum Gasteiger partial charge on any atom is 0.115 e. The van der Waals surface area contributed by atoms with Crippen molar-refractivity contribution in [2.24, 2.45) is 0 Å². The van der Waals surface area contributed by atoms with Crippen molar-refractivity contribution in [1.29, 1.82) is 0 Å². The Morgan fingerprint density at radius 1 is 0.895 bits per heavy atom. The molecule has 0 N–H and O–H groups in total. The van der Waals surface area contributed by atoms with Crippen LogP contribution in [0.2, 0.25) is 0 Å². The smallest absolute Gasteiger partial charge is 0.115 e. The summed E-state index contributed by atoms with van der Waals surface area (Å²) >= 11 is 0. The van der Waals surface area contributed by atoms with Gasteiger partial charge >= 0.3 is 0 Å². The Hall–Kier alpha value is -1.77. The molecular formula is C16H23N3. The summed E-state index contributed by atoms with van der Waals surface area (Å²) in [5.74, 6) is 1.12. The van der Waals surface area contributed by atoms with Crippen LogP contribution in [-0.2, 0) is 0 Å². The van der Waals surface area contributed by atoms with E-state index in [1.54, 1.807) is 12.5 Å². The van der Waals surface area contributed by atoms with E-state index in [9.17, 15) is 0 Å². The van der Waals surface area contributed by atoms with E-state index >= 15 is 0 Å². The molecule has 0 radical (unpaired) electrons. The van der Waals surface area contributed by atoms with Gasteiger partial charge in [-0.05, 0) is 42.5 Å². The molecule has 0 aliphatic rings. The molecule has 0 aliphatic carbocycles. The maximum absolute atomic E-state index is 4.12. The molecule has 2 rings (SSSR count). The first kappa shape index (κ1) is 15.3. The van der Waals surface area contributed by atoms with Gasteiger partial charge in [0.15, 0.2) is 0 Å². The minimum Gasteiger partial charge on any atom is -0.262 e. The summed E-state index contributed by atoms with van der Waals surface area (Å²) < 4.78 is 0. The van der Waals surface area contributed by atoms with Gasteiger partial charge in [0, 0.05) is 23.8 Å². The number of pyridine rings is 1. The van der Waals surface area contributed by atoms with Gasteiger partial charge < -0.3 is 0 Å². The Morgan fingerprint density at radius 3 is 2.00 bits per heavy atom. The van der Waals surface area contributed by atoms with Gasteiger partial charge in [0.1, 0.15) is 6.33 Å².